The van der Waals surface area contributed by atoms with Crippen molar-refractivity contribution < 1.29 is 0 Å². The monoisotopic (exact) mass is 371 g/mol. The molecule has 2 unspecified atom stereocenters. The highest BCUT2D eigenvalue weighted by atomic mass is 79.9. The molecule has 4 N–H and O–H groups in total. The molecule has 0 radical (unpaired) electrons. The van der Waals surface area contributed by atoms with Gasteiger partial charge in [0.15, 0.2) is 5.13 Å². The van der Waals surface area contributed by atoms with Crippen molar-refractivity contribution >= 4 is 50.4 Å². The van der Waals surface area contributed by atoms with Gasteiger partial charge in [0.1, 0.15) is 0 Å². The number of hydrogen-bond donors (Lipinski definition) is 2. The van der Waals surface area contributed by atoms with Gasteiger partial charge in [0, 0.05) is 16.8 Å². The third kappa shape index (κ3) is 3.42. The minimum atomic E-state index is 0. The Morgan fingerprint density at radius 3 is 2.75 bits per heavy atom. The van der Waals surface area contributed by atoms with Crippen molar-refractivity contribution in [3.8, 4) is 0 Å². The second-order valence-electron chi connectivity index (χ2n) is 4.05. The van der Waals surface area contributed by atoms with E-state index in [0.717, 1.165) is 12.8 Å². The molecule has 6 heteroatoms. The fourth-order valence-corrected chi connectivity index (χ4v) is 3.26. The lowest BCUT2D eigenvalue weighted by Gasteiger charge is -2.25. The Morgan fingerprint density at radius 1 is 1.44 bits per heavy atom. The van der Waals surface area contributed by atoms with E-state index in [2.05, 4.69) is 11.9 Å². The molecule has 0 saturated carbocycles. The zero-order valence-corrected chi connectivity index (χ0v) is 13.6. The minimum absolute atomic E-state index is 0. The maximum absolute atomic E-state index is 6.02. The molecular formula is C10H19Br2N3S. The van der Waals surface area contributed by atoms with E-state index in [1.165, 1.54) is 23.4 Å². The van der Waals surface area contributed by atoms with E-state index < -0.39 is 0 Å². The fourth-order valence-electron chi connectivity index (χ4n) is 2.25. The summed E-state index contributed by atoms with van der Waals surface area (Å²) in [6.07, 6.45) is 4.41. The number of rotatable bonds is 2. The van der Waals surface area contributed by atoms with Crippen LogP contribution in [0.1, 0.15) is 42.7 Å². The van der Waals surface area contributed by atoms with Crippen LogP contribution in [-0.2, 0) is 6.42 Å². The number of nitrogens with two attached hydrogens (primary N) is 2. The van der Waals surface area contributed by atoms with Crippen molar-refractivity contribution in [1.82, 2.24) is 4.98 Å². The van der Waals surface area contributed by atoms with Crippen LogP contribution in [-0.4, -0.2) is 11.0 Å². The van der Waals surface area contributed by atoms with Crippen LogP contribution in [0.3, 0.4) is 0 Å². The van der Waals surface area contributed by atoms with Crippen molar-refractivity contribution in [3.05, 3.63) is 10.6 Å². The summed E-state index contributed by atoms with van der Waals surface area (Å²) >= 11 is 1.61. The summed E-state index contributed by atoms with van der Waals surface area (Å²) in [5.74, 6) is 0.548. The van der Waals surface area contributed by atoms with Crippen LogP contribution in [0, 0.1) is 0 Å². The number of aromatic nitrogens is 1. The van der Waals surface area contributed by atoms with Gasteiger partial charge in [-0.2, -0.15) is 0 Å². The molecule has 0 amide bonds. The van der Waals surface area contributed by atoms with Crippen LogP contribution < -0.4 is 11.5 Å². The van der Waals surface area contributed by atoms with Crippen LogP contribution in [0.25, 0.3) is 0 Å². The molecule has 1 aliphatic carbocycles. The van der Waals surface area contributed by atoms with E-state index in [4.69, 9.17) is 11.5 Å². The lowest BCUT2D eigenvalue weighted by molar-refractivity contribution is 0.459. The Labute approximate surface area is 122 Å². The number of hydrogen-bond acceptors (Lipinski definition) is 4. The fraction of sp³-hybridized carbons (Fsp3) is 0.700. The molecule has 3 nitrogen and oxygen atoms in total. The summed E-state index contributed by atoms with van der Waals surface area (Å²) in [7, 11) is 0. The van der Waals surface area contributed by atoms with Crippen molar-refractivity contribution in [2.24, 2.45) is 5.73 Å². The molecule has 2 rings (SSSR count). The Balaban J connectivity index is 0.00000112. The van der Waals surface area contributed by atoms with E-state index >= 15 is 0 Å². The lowest BCUT2D eigenvalue weighted by atomic mass is 9.85. The highest BCUT2D eigenvalue weighted by Gasteiger charge is 2.27. The van der Waals surface area contributed by atoms with Crippen LogP contribution in [0.5, 0.6) is 0 Å². The Hall–Kier alpha value is 0.350. The SMILES string of the molecule is Br.Br.CCCC1CC(N)Cc2sc(N)nc21. The van der Waals surface area contributed by atoms with Crippen LogP contribution in [0.2, 0.25) is 0 Å². The standard InChI is InChI=1S/C10H17N3S.2BrH/c1-2-3-6-4-7(11)5-8-9(6)13-10(12)14-8;;/h6-7H,2-5,11H2,1H3,(H2,12,13);2*1H. The van der Waals surface area contributed by atoms with Crippen LogP contribution in [0.15, 0.2) is 0 Å². The van der Waals surface area contributed by atoms with Crippen LogP contribution >= 0.6 is 45.3 Å². The van der Waals surface area contributed by atoms with Gasteiger partial charge in [-0.1, -0.05) is 13.3 Å². The van der Waals surface area contributed by atoms with E-state index in [0.29, 0.717) is 17.1 Å². The van der Waals surface area contributed by atoms with E-state index in [-0.39, 0.29) is 34.0 Å². The highest BCUT2D eigenvalue weighted by molar-refractivity contribution is 8.93. The molecule has 0 saturated heterocycles. The van der Waals surface area contributed by atoms with Crippen LogP contribution in [0.4, 0.5) is 5.13 Å². The number of nitrogen functional groups attached to an aromatic ring is 1. The van der Waals surface area contributed by atoms with E-state index in [1.807, 2.05) is 0 Å². The Bertz CT molecular complexity index is 330. The first-order valence-electron chi connectivity index (χ1n) is 5.21. The van der Waals surface area contributed by atoms with Crippen molar-refractivity contribution in [3.63, 3.8) is 0 Å². The largest absolute Gasteiger partial charge is 0.375 e. The predicted molar refractivity (Wildman–Crippen MR) is 81.1 cm³/mol. The number of halogens is 2. The molecular weight excluding hydrogens is 354 g/mol. The van der Waals surface area contributed by atoms with Gasteiger partial charge in [0.25, 0.3) is 0 Å². The van der Waals surface area contributed by atoms with Gasteiger partial charge in [0.05, 0.1) is 5.69 Å². The molecule has 2 atom stereocenters. The molecule has 0 aliphatic heterocycles. The molecule has 0 fully saturated rings. The topological polar surface area (TPSA) is 64.9 Å². The highest BCUT2D eigenvalue weighted by Crippen LogP contribution is 2.37. The molecule has 1 heterocycles. The average Bonchev–Trinajstić information content (AvgIpc) is 2.45. The van der Waals surface area contributed by atoms with Gasteiger partial charge in [-0.3, -0.25) is 0 Å². The zero-order valence-electron chi connectivity index (χ0n) is 9.31. The second kappa shape index (κ2) is 6.93. The van der Waals surface area contributed by atoms with Gasteiger partial charge in [-0.05, 0) is 19.3 Å². The van der Waals surface area contributed by atoms with Gasteiger partial charge in [-0.15, -0.1) is 45.3 Å². The number of nitrogens with zero attached hydrogens (tertiary/aromatic N) is 1. The van der Waals surface area contributed by atoms with E-state index in [1.54, 1.807) is 11.3 Å². The zero-order chi connectivity index (χ0) is 10.1. The second-order valence-corrected chi connectivity index (χ2v) is 5.16. The first-order chi connectivity index (χ1) is 6.70. The van der Waals surface area contributed by atoms with E-state index in [9.17, 15) is 0 Å². The summed E-state index contributed by atoms with van der Waals surface area (Å²) in [5.41, 5.74) is 13.0. The van der Waals surface area contributed by atoms with Crippen molar-refractivity contribution in [1.29, 1.82) is 0 Å². The molecule has 16 heavy (non-hydrogen) atoms. The third-order valence-corrected chi connectivity index (χ3v) is 3.73. The maximum Gasteiger partial charge on any atom is 0.180 e. The summed E-state index contributed by atoms with van der Waals surface area (Å²) in [6, 6.07) is 0.305. The molecule has 94 valence electrons. The summed E-state index contributed by atoms with van der Waals surface area (Å²) in [5, 5.41) is 0.699. The Morgan fingerprint density at radius 2 is 2.12 bits per heavy atom. The quantitative estimate of drug-likeness (QED) is 0.838. The smallest absolute Gasteiger partial charge is 0.180 e. The number of anilines is 1. The molecule has 1 aromatic rings. The normalized spacial score (nSPS) is 22.9. The average molecular weight is 373 g/mol. The number of fused-ring (bicyclic) bond motifs is 1. The predicted octanol–water partition coefficient (Wildman–Crippen LogP) is 3.04. The van der Waals surface area contributed by atoms with Crippen molar-refractivity contribution in [2.45, 2.75) is 44.6 Å². The summed E-state index contributed by atoms with van der Waals surface area (Å²) in [4.78, 5) is 5.75. The molecule has 1 aliphatic rings. The maximum atomic E-state index is 6.02. The van der Waals surface area contributed by atoms with Gasteiger partial charge >= 0.3 is 0 Å². The minimum Gasteiger partial charge on any atom is -0.375 e. The number of thiazole rings is 1. The van der Waals surface area contributed by atoms with Gasteiger partial charge < -0.3 is 11.5 Å². The third-order valence-electron chi connectivity index (χ3n) is 2.80. The molecule has 0 aromatic carbocycles. The first kappa shape index (κ1) is 16.4. The molecule has 0 spiro atoms. The van der Waals surface area contributed by atoms with Crippen molar-refractivity contribution in [2.75, 3.05) is 5.73 Å². The first-order valence-corrected chi connectivity index (χ1v) is 6.03. The molecule has 0 bridgehead atoms. The van der Waals surface area contributed by atoms with Gasteiger partial charge in [-0.25, -0.2) is 4.98 Å². The Kier molecular flexibility index (Phi) is 7.09. The van der Waals surface area contributed by atoms with Gasteiger partial charge in [0.2, 0.25) is 0 Å². The molecule has 1 aromatic heterocycles. The summed E-state index contributed by atoms with van der Waals surface area (Å²) < 4.78 is 0. The summed E-state index contributed by atoms with van der Waals surface area (Å²) in [6.45, 7) is 2.20. The lowest BCUT2D eigenvalue weighted by Crippen LogP contribution is -2.29.